The quantitative estimate of drug-likeness (QED) is 0.290. The second-order valence-corrected chi connectivity index (χ2v) is 10.7. The largest absolute Gasteiger partial charge is 0.467 e. The number of carbonyl (C=O) groups is 2. The SMILES string of the molecule is COCOc1cc2c(c(OCOC)c1)C(=O)O[C@@H](C)CCCC(OC(=O)c1ccccc1)C1OC(C)(C)OC1C/C=C/2. The van der Waals surface area contributed by atoms with Gasteiger partial charge >= 0.3 is 11.9 Å². The maximum atomic E-state index is 13.5. The second kappa shape index (κ2) is 14.6. The molecule has 4 atom stereocenters. The summed E-state index contributed by atoms with van der Waals surface area (Å²) in [4.78, 5) is 26.5. The van der Waals surface area contributed by atoms with Gasteiger partial charge in [0, 0.05) is 20.3 Å². The van der Waals surface area contributed by atoms with E-state index in [1.165, 1.54) is 14.2 Å². The van der Waals surface area contributed by atoms with Gasteiger partial charge in [0.25, 0.3) is 0 Å². The standard InChI is InChI=1S/C32H40O10/c1-21-11-9-15-25(40-30(33)22-12-7-6-8-13-22)29-26(41-32(2,3)42-29)16-10-14-23-17-24(37-19-35-4)18-27(38-20-36-5)28(23)31(34)39-21/h6-8,10,12-14,17-18,21,25-26,29H,9,11,15-16,19-20H2,1-5H3/b14-10+/t21-,25?,26?,29?/m0/s1. The number of hydrogen-bond acceptors (Lipinski definition) is 10. The number of benzene rings is 2. The first-order chi connectivity index (χ1) is 20.2. The summed E-state index contributed by atoms with van der Waals surface area (Å²) in [5.41, 5.74) is 1.25. The minimum atomic E-state index is -0.874. The van der Waals surface area contributed by atoms with E-state index in [9.17, 15) is 9.59 Å². The van der Waals surface area contributed by atoms with Crippen LogP contribution in [-0.4, -0.2) is 69.9 Å². The number of cyclic esters (lactones) is 1. The van der Waals surface area contributed by atoms with Crippen LogP contribution in [0.3, 0.4) is 0 Å². The third-order valence-corrected chi connectivity index (χ3v) is 6.92. The van der Waals surface area contributed by atoms with Crippen LogP contribution in [-0.2, 0) is 28.4 Å². The molecule has 42 heavy (non-hydrogen) atoms. The molecule has 10 nitrogen and oxygen atoms in total. The third-order valence-electron chi connectivity index (χ3n) is 6.92. The van der Waals surface area contributed by atoms with E-state index < -0.39 is 42.1 Å². The highest BCUT2D eigenvalue weighted by atomic mass is 16.8. The first kappa shape index (κ1) is 31.5. The van der Waals surface area contributed by atoms with Gasteiger partial charge in [-0.3, -0.25) is 0 Å². The van der Waals surface area contributed by atoms with Gasteiger partial charge in [0.05, 0.1) is 17.8 Å². The lowest BCUT2D eigenvalue weighted by molar-refractivity contribution is -0.156. The van der Waals surface area contributed by atoms with Crippen molar-refractivity contribution in [1.82, 2.24) is 0 Å². The van der Waals surface area contributed by atoms with Gasteiger partial charge in [-0.15, -0.1) is 0 Å². The van der Waals surface area contributed by atoms with E-state index in [1.54, 1.807) is 42.5 Å². The van der Waals surface area contributed by atoms with Crippen LogP contribution in [0.15, 0.2) is 48.5 Å². The van der Waals surface area contributed by atoms with Gasteiger partial charge in [-0.1, -0.05) is 30.4 Å². The van der Waals surface area contributed by atoms with E-state index >= 15 is 0 Å². The molecule has 4 rings (SSSR count). The molecular weight excluding hydrogens is 544 g/mol. The Morgan fingerprint density at radius 1 is 1.00 bits per heavy atom. The zero-order valence-electron chi connectivity index (χ0n) is 24.8. The minimum absolute atomic E-state index is 0.0147. The number of fused-ring (bicyclic) bond motifs is 2. The van der Waals surface area contributed by atoms with Crippen LogP contribution < -0.4 is 9.47 Å². The molecule has 2 aliphatic rings. The monoisotopic (exact) mass is 584 g/mol. The normalized spacial score (nSPS) is 24.8. The fraction of sp³-hybridized carbons (Fsp3) is 0.500. The molecule has 0 spiro atoms. The van der Waals surface area contributed by atoms with Crippen LogP contribution >= 0.6 is 0 Å². The summed E-state index contributed by atoms with van der Waals surface area (Å²) >= 11 is 0. The fourth-order valence-electron chi connectivity index (χ4n) is 5.07. The highest BCUT2D eigenvalue weighted by Gasteiger charge is 2.46. The maximum absolute atomic E-state index is 13.5. The van der Waals surface area contributed by atoms with Crippen molar-refractivity contribution in [2.45, 2.75) is 76.7 Å². The first-order valence-corrected chi connectivity index (χ1v) is 14.1. The number of ether oxygens (including phenoxy) is 8. The molecule has 2 aliphatic heterocycles. The van der Waals surface area contributed by atoms with Crippen molar-refractivity contribution >= 4 is 18.0 Å². The number of methoxy groups -OCH3 is 2. The van der Waals surface area contributed by atoms with E-state index in [4.69, 9.17) is 37.9 Å². The van der Waals surface area contributed by atoms with Crippen LogP contribution in [0.2, 0.25) is 0 Å². The molecule has 0 aromatic heterocycles. The van der Waals surface area contributed by atoms with E-state index in [0.717, 1.165) is 0 Å². The van der Waals surface area contributed by atoms with Crippen LogP contribution in [0, 0.1) is 0 Å². The van der Waals surface area contributed by atoms with Crippen LogP contribution in [0.5, 0.6) is 11.5 Å². The summed E-state index contributed by atoms with van der Waals surface area (Å²) in [7, 11) is 3.02. The van der Waals surface area contributed by atoms with Crippen LogP contribution in [0.25, 0.3) is 6.08 Å². The van der Waals surface area contributed by atoms with Crippen molar-refractivity contribution in [1.29, 1.82) is 0 Å². The number of hydrogen-bond donors (Lipinski definition) is 0. The highest BCUT2D eigenvalue weighted by Crippen LogP contribution is 2.36. The summed E-state index contributed by atoms with van der Waals surface area (Å²) in [5, 5.41) is 0. The predicted molar refractivity (Wildman–Crippen MR) is 153 cm³/mol. The van der Waals surface area contributed by atoms with E-state index in [2.05, 4.69) is 0 Å². The summed E-state index contributed by atoms with van der Waals surface area (Å²) < 4.78 is 46.0. The molecule has 3 unspecified atom stereocenters. The van der Waals surface area contributed by atoms with Gasteiger partial charge in [0.2, 0.25) is 0 Å². The number of carbonyl (C=O) groups excluding carboxylic acids is 2. The molecule has 1 fully saturated rings. The second-order valence-electron chi connectivity index (χ2n) is 10.7. The van der Waals surface area contributed by atoms with Crippen LogP contribution in [0.4, 0.5) is 0 Å². The lowest BCUT2D eigenvalue weighted by atomic mass is 9.98. The van der Waals surface area contributed by atoms with Gasteiger partial charge < -0.3 is 37.9 Å². The number of rotatable bonds is 8. The lowest BCUT2D eigenvalue weighted by Crippen LogP contribution is -2.39. The Balaban J connectivity index is 1.69. The smallest absolute Gasteiger partial charge is 0.342 e. The first-order valence-electron chi connectivity index (χ1n) is 14.1. The van der Waals surface area contributed by atoms with Gasteiger partial charge in [-0.05, 0) is 70.2 Å². The molecule has 1 saturated heterocycles. The van der Waals surface area contributed by atoms with Crippen molar-refractivity contribution < 1.29 is 47.5 Å². The lowest BCUT2D eigenvalue weighted by Gasteiger charge is -2.27. The molecule has 2 aromatic carbocycles. The van der Waals surface area contributed by atoms with Gasteiger partial charge in [0.15, 0.2) is 19.4 Å². The Labute approximate surface area is 246 Å². The fourth-order valence-corrected chi connectivity index (χ4v) is 5.07. The average Bonchev–Trinajstić information content (AvgIpc) is 3.27. The van der Waals surface area contributed by atoms with E-state index in [1.807, 2.05) is 32.9 Å². The maximum Gasteiger partial charge on any atom is 0.342 e. The summed E-state index contributed by atoms with van der Waals surface area (Å²) in [6.07, 6.45) is 3.87. The third kappa shape index (κ3) is 8.32. The Bertz CT molecular complexity index is 1230. The molecule has 228 valence electrons. The molecule has 0 bridgehead atoms. The average molecular weight is 585 g/mol. The van der Waals surface area contributed by atoms with Crippen molar-refractivity contribution in [2.75, 3.05) is 27.8 Å². The Hall–Kier alpha value is -3.44. The predicted octanol–water partition coefficient (Wildman–Crippen LogP) is 5.53. The zero-order valence-corrected chi connectivity index (χ0v) is 24.8. The van der Waals surface area contributed by atoms with Crippen molar-refractivity contribution in [2.24, 2.45) is 0 Å². The van der Waals surface area contributed by atoms with Gasteiger partial charge in [0.1, 0.15) is 29.3 Å². The molecule has 2 heterocycles. The number of esters is 2. The molecular formula is C32H40O10. The topological polar surface area (TPSA) is 108 Å². The van der Waals surface area contributed by atoms with E-state index in [-0.39, 0.29) is 24.9 Å². The molecule has 0 aliphatic carbocycles. The van der Waals surface area contributed by atoms with Crippen molar-refractivity contribution in [3.63, 3.8) is 0 Å². The summed E-state index contributed by atoms with van der Waals surface area (Å²) in [6, 6.07) is 12.2. The van der Waals surface area contributed by atoms with Crippen molar-refractivity contribution in [3.8, 4) is 11.5 Å². The minimum Gasteiger partial charge on any atom is -0.467 e. The Kier molecular flexibility index (Phi) is 11.0. The molecule has 0 radical (unpaired) electrons. The van der Waals surface area contributed by atoms with Gasteiger partial charge in [-0.25, -0.2) is 9.59 Å². The summed E-state index contributed by atoms with van der Waals surface area (Å²) in [5.74, 6) is -1.12. The molecule has 0 N–H and O–H groups in total. The van der Waals surface area contributed by atoms with Crippen molar-refractivity contribution in [3.05, 3.63) is 65.2 Å². The van der Waals surface area contributed by atoms with E-state index in [0.29, 0.717) is 42.6 Å². The summed E-state index contributed by atoms with van der Waals surface area (Å²) in [6.45, 7) is 5.46. The van der Waals surface area contributed by atoms with Gasteiger partial charge in [-0.2, -0.15) is 0 Å². The highest BCUT2D eigenvalue weighted by molar-refractivity contribution is 5.97. The molecule has 10 heteroatoms. The molecule has 0 amide bonds. The molecule has 2 aromatic rings. The zero-order chi connectivity index (χ0) is 30.1. The Morgan fingerprint density at radius 3 is 2.48 bits per heavy atom. The molecule has 0 saturated carbocycles. The van der Waals surface area contributed by atoms with Crippen LogP contribution in [0.1, 0.15) is 72.7 Å². The Morgan fingerprint density at radius 2 is 1.74 bits per heavy atom.